The van der Waals surface area contributed by atoms with Gasteiger partial charge < -0.3 is 14.6 Å². The largest absolute Gasteiger partial charge is 0.451 e. The van der Waals surface area contributed by atoms with Crippen molar-refractivity contribution in [1.82, 2.24) is 10.2 Å². The van der Waals surface area contributed by atoms with Gasteiger partial charge in [0.1, 0.15) is 11.6 Å². The standard InChI is InChI=1S/C18H19FN2O2/c19-13-3-1-12(2-4-13)16-7-8-17(23-16)18(22)21-14-5-6-15(21)11-20-10-9-14/h1-4,7-8,14-15,20H,5-6,9-11H2. The smallest absolute Gasteiger partial charge is 0.290 e. The van der Waals surface area contributed by atoms with E-state index in [1.807, 2.05) is 4.90 Å². The summed E-state index contributed by atoms with van der Waals surface area (Å²) in [7, 11) is 0. The van der Waals surface area contributed by atoms with Gasteiger partial charge in [0.25, 0.3) is 5.91 Å². The second kappa shape index (κ2) is 5.81. The Balaban J connectivity index is 1.59. The van der Waals surface area contributed by atoms with Crippen LogP contribution in [0.3, 0.4) is 0 Å². The number of furan rings is 1. The van der Waals surface area contributed by atoms with Gasteiger partial charge in [0.2, 0.25) is 0 Å². The van der Waals surface area contributed by atoms with Crippen LogP contribution in [-0.2, 0) is 0 Å². The molecule has 1 aromatic carbocycles. The third kappa shape index (κ3) is 2.65. The summed E-state index contributed by atoms with van der Waals surface area (Å²) in [5.41, 5.74) is 0.769. The van der Waals surface area contributed by atoms with Crippen molar-refractivity contribution in [3.8, 4) is 11.3 Å². The molecule has 2 aliphatic heterocycles. The summed E-state index contributed by atoms with van der Waals surface area (Å²) < 4.78 is 18.8. The Morgan fingerprint density at radius 2 is 1.87 bits per heavy atom. The molecule has 1 amide bonds. The van der Waals surface area contributed by atoms with Crippen molar-refractivity contribution in [3.05, 3.63) is 48.0 Å². The molecular formula is C18H19FN2O2. The molecule has 0 aliphatic carbocycles. The van der Waals surface area contributed by atoms with E-state index >= 15 is 0 Å². The van der Waals surface area contributed by atoms with E-state index in [9.17, 15) is 9.18 Å². The van der Waals surface area contributed by atoms with Gasteiger partial charge in [-0.2, -0.15) is 0 Å². The van der Waals surface area contributed by atoms with E-state index in [-0.39, 0.29) is 17.8 Å². The van der Waals surface area contributed by atoms with Crippen LogP contribution in [0.4, 0.5) is 4.39 Å². The summed E-state index contributed by atoms with van der Waals surface area (Å²) in [4.78, 5) is 14.8. The van der Waals surface area contributed by atoms with Gasteiger partial charge in [-0.3, -0.25) is 4.79 Å². The van der Waals surface area contributed by atoms with Gasteiger partial charge in [0, 0.05) is 24.2 Å². The zero-order valence-corrected chi connectivity index (χ0v) is 12.8. The molecule has 2 saturated heterocycles. The van der Waals surface area contributed by atoms with Gasteiger partial charge in [-0.25, -0.2) is 4.39 Å². The Morgan fingerprint density at radius 3 is 2.70 bits per heavy atom. The zero-order valence-electron chi connectivity index (χ0n) is 12.8. The second-order valence-corrected chi connectivity index (χ2v) is 6.26. The first kappa shape index (κ1) is 14.5. The maximum absolute atomic E-state index is 13.0. The third-order valence-corrected chi connectivity index (χ3v) is 4.83. The first-order valence-electron chi connectivity index (χ1n) is 8.11. The van der Waals surface area contributed by atoms with Crippen LogP contribution in [0.15, 0.2) is 40.8 Å². The Kier molecular flexibility index (Phi) is 3.65. The van der Waals surface area contributed by atoms with Crippen molar-refractivity contribution in [3.63, 3.8) is 0 Å². The van der Waals surface area contributed by atoms with E-state index in [1.54, 1.807) is 24.3 Å². The summed E-state index contributed by atoms with van der Waals surface area (Å²) in [5, 5.41) is 3.39. The molecule has 120 valence electrons. The highest BCUT2D eigenvalue weighted by molar-refractivity contribution is 5.92. The van der Waals surface area contributed by atoms with E-state index in [4.69, 9.17) is 4.42 Å². The fourth-order valence-corrected chi connectivity index (χ4v) is 3.66. The van der Waals surface area contributed by atoms with Gasteiger partial charge in [-0.15, -0.1) is 0 Å². The predicted octanol–water partition coefficient (Wildman–Crippen LogP) is 3.05. The summed E-state index contributed by atoms with van der Waals surface area (Å²) in [5.74, 6) is 0.636. The van der Waals surface area contributed by atoms with Crippen molar-refractivity contribution in [1.29, 1.82) is 0 Å². The van der Waals surface area contributed by atoms with Crippen LogP contribution in [0.2, 0.25) is 0 Å². The van der Waals surface area contributed by atoms with Crippen molar-refractivity contribution in [2.45, 2.75) is 31.3 Å². The van der Waals surface area contributed by atoms with Crippen LogP contribution in [0.1, 0.15) is 29.8 Å². The van der Waals surface area contributed by atoms with E-state index in [0.29, 0.717) is 17.6 Å². The van der Waals surface area contributed by atoms with Crippen LogP contribution in [0.5, 0.6) is 0 Å². The molecule has 2 unspecified atom stereocenters. The molecule has 2 aliphatic rings. The van der Waals surface area contributed by atoms with Crippen molar-refractivity contribution in [2.75, 3.05) is 13.1 Å². The van der Waals surface area contributed by atoms with Crippen LogP contribution in [0.25, 0.3) is 11.3 Å². The Morgan fingerprint density at radius 1 is 1.09 bits per heavy atom. The lowest BCUT2D eigenvalue weighted by atomic mass is 10.1. The molecule has 2 aromatic rings. The topological polar surface area (TPSA) is 45.5 Å². The van der Waals surface area contributed by atoms with Crippen LogP contribution >= 0.6 is 0 Å². The van der Waals surface area contributed by atoms with Gasteiger partial charge in [0.15, 0.2) is 5.76 Å². The lowest BCUT2D eigenvalue weighted by Gasteiger charge is -2.26. The molecule has 0 saturated carbocycles. The number of rotatable bonds is 2. The maximum Gasteiger partial charge on any atom is 0.290 e. The highest BCUT2D eigenvalue weighted by Gasteiger charge is 2.39. The predicted molar refractivity (Wildman–Crippen MR) is 84.6 cm³/mol. The highest BCUT2D eigenvalue weighted by Crippen LogP contribution is 2.31. The number of halogens is 1. The number of amides is 1. The number of hydrogen-bond donors (Lipinski definition) is 1. The van der Waals surface area contributed by atoms with E-state index < -0.39 is 0 Å². The molecule has 5 heteroatoms. The van der Waals surface area contributed by atoms with Crippen molar-refractivity contribution >= 4 is 5.91 Å². The zero-order chi connectivity index (χ0) is 15.8. The van der Waals surface area contributed by atoms with Crippen molar-refractivity contribution < 1.29 is 13.6 Å². The molecule has 1 aromatic heterocycles. The Hall–Kier alpha value is -2.14. The molecule has 1 N–H and O–H groups in total. The van der Waals surface area contributed by atoms with E-state index in [2.05, 4.69) is 5.32 Å². The summed E-state index contributed by atoms with van der Waals surface area (Å²) in [6, 6.07) is 10.2. The fourth-order valence-electron chi connectivity index (χ4n) is 3.66. The number of nitrogens with one attached hydrogen (secondary N) is 1. The Labute approximate surface area is 134 Å². The number of carbonyl (C=O) groups is 1. The minimum atomic E-state index is -0.287. The van der Waals surface area contributed by atoms with Crippen molar-refractivity contribution in [2.24, 2.45) is 0 Å². The van der Waals surface area contributed by atoms with Crippen LogP contribution < -0.4 is 5.32 Å². The van der Waals surface area contributed by atoms with Gasteiger partial charge in [-0.05, 0) is 62.2 Å². The summed E-state index contributed by atoms with van der Waals surface area (Å²) in [6.45, 7) is 1.82. The monoisotopic (exact) mass is 314 g/mol. The van der Waals surface area contributed by atoms with E-state index in [1.165, 1.54) is 12.1 Å². The molecule has 23 heavy (non-hydrogen) atoms. The third-order valence-electron chi connectivity index (χ3n) is 4.83. The minimum Gasteiger partial charge on any atom is -0.451 e. The number of hydrogen-bond acceptors (Lipinski definition) is 3. The first-order valence-corrected chi connectivity index (χ1v) is 8.11. The van der Waals surface area contributed by atoms with E-state index in [0.717, 1.165) is 37.9 Å². The molecule has 2 fully saturated rings. The summed E-state index contributed by atoms with van der Waals surface area (Å²) in [6.07, 6.45) is 3.12. The molecule has 2 bridgehead atoms. The number of carbonyl (C=O) groups excluding carboxylic acids is 1. The number of benzene rings is 1. The highest BCUT2D eigenvalue weighted by atomic mass is 19.1. The minimum absolute atomic E-state index is 0.0328. The first-order chi connectivity index (χ1) is 11.2. The molecule has 2 atom stereocenters. The van der Waals surface area contributed by atoms with Crippen LogP contribution in [-0.4, -0.2) is 36.0 Å². The van der Waals surface area contributed by atoms with Gasteiger partial charge >= 0.3 is 0 Å². The van der Waals surface area contributed by atoms with Gasteiger partial charge in [0.05, 0.1) is 0 Å². The quantitative estimate of drug-likeness (QED) is 0.926. The number of fused-ring (bicyclic) bond motifs is 2. The molecule has 3 heterocycles. The normalized spacial score (nSPS) is 23.8. The number of nitrogens with zero attached hydrogens (tertiary/aromatic N) is 1. The molecular weight excluding hydrogens is 295 g/mol. The average Bonchev–Trinajstić information content (AvgIpc) is 3.11. The lowest BCUT2D eigenvalue weighted by Crippen LogP contribution is -2.42. The molecule has 0 spiro atoms. The average molecular weight is 314 g/mol. The molecule has 4 rings (SSSR count). The lowest BCUT2D eigenvalue weighted by molar-refractivity contribution is 0.0648. The maximum atomic E-state index is 13.0. The van der Waals surface area contributed by atoms with Crippen LogP contribution in [0, 0.1) is 5.82 Å². The SMILES string of the molecule is O=C(c1ccc(-c2ccc(F)cc2)o1)N1C2CCNCC1CC2. The molecule has 4 nitrogen and oxygen atoms in total. The summed E-state index contributed by atoms with van der Waals surface area (Å²) >= 11 is 0. The Bertz CT molecular complexity index is 696. The second-order valence-electron chi connectivity index (χ2n) is 6.26. The fraction of sp³-hybridized carbons (Fsp3) is 0.389. The van der Waals surface area contributed by atoms with Gasteiger partial charge in [-0.1, -0.05) is 0 Å². The molecule has 0 radical (unpaired) electrons.